The Morgan fingerprint density at radius 2 is 2.00 bits per heavy atom. The number of nitrogens with zero attached hydrogens (tertiary/aromatic N) is 1. The van der Waals surface area contributed by atoms with Crippen LogP contribution in [0.5, 0.6) is 5.75 Å². The molecule has 0 saturated carbocycles. The lowest BCUT2D eigenvalue weighted by atomic mass is 10.0. The highest BCUT2D eigenvalue weighted by Crippen LogP contribution is 2.32. The molecular formula is C14H14F3NO6S. The summed E-state index contributed by atoms with van der Waals surface area (Å²) in [5.41, 5.74) is -6.95. The van der Waals surface area contributed by atoms with Gasteiger partial charge in [-0.1, -0.05) is 6.08 Å². The summed E-state index contributed by atoms with van der Waals surface area (Å²) in [7, 11) is -5.04. The minimum atomic E-state index is -6.08. The molecule has 0 fully saturated rings. The van der Waals surface area contributed by atoms with Crippen molar-refractivity contribution >= 4 is 21.7 Å². The lowest BCUT2D eigenvalue weighted by Crippen LogP contribution is -2.32. The van der Waals surface area contributed by atoms with Crippen LogP contribution in [0.15, 0.2) is 16.9 Å². The average molecular weight is 381 g/mol. The summed E-state index contributed by atoms with van der Waals surface area (Å²) in [6, 6.07) is 1.27. The third-order valence-corrected chi connectivity index (χ3v) is 4.57. The molecule has 0 N–H and O–H groups in total. The van der Waals surface area contributed by atoms with Crippen molar-refractivity contribution in [3.05, 3.63) is 33.8 Å². The zero-order chi connectivity index (χ0) is 19.0. The molecule has 0 bridgehead atoms. The first-order chi connectivity index (χ1) is 11.5. The highest BCUT2D eigenvalue weighted by Gasteiger charge is 2.49. The lowest BCUT2D eigenvalue weighted by molar-refractivity contribution is -0.133. The van der Waals surface area contributed by atoms with Crippen LogP contribution in [0.25, 0.3) is 5.57 Å². The predicted molar refractivity (Wildman–Crippen MR) is 80.3 cm³/mol. The van der Waals surface area contributed by atoms with E-state index in [0.29, 0.717) is 18.5 Å². The topological polar surface area (TPSA) is 91.7 Å². The summed E-state index contributed by atoms with van der Waals surface area (Å²) in [5.74, 6) is -2.03. The number of allylic oxidation sites excluding steroid dienone is 1. The Balaban J connectivity index is 2.74. The van der Waals surface area contributed by atoms with Gasteiger partial charge in [-0.25, -0.2) is 4.79 Å². The zero-order valence-corrected chi connectivity index (χ0v) is 14.0. The van der Waals surface area contributed by atoms with Crippen LogP contribution in [-0.4, -0.2) is 31.6 Å². The van der Waals surface area contributed by atoms with Gasteiger partial charge in [-0.2, -0.15) is 21.6 Å². The Morgan fingerprint density at radius 3 is 2.52 bits per heavy atom. The van der Waals surface area contributed by atoms with Gasteiger partial charge in [0.2, 0.25) is 5.75 Å². The van der Waals surface area contributed by atoms with Crippen molar-refractivity contribution < 1.29 is 35.3 Å². The third-order valence-electron chi connectivity index (χ3n) is 3.62. The molecule has 7 nitrogen and oxygen atoms in total. The minimum Gasteiger partial charge on any atom is -0.465 e. The quantitative estimate of drug-likeness (QED) is 0.341. The molecule has 0 spiro atoms. The number of pyridine rings is 1. The van der Waals surface area contributed by atoms with Gasteiger partial charge in [-0.05, 0) is 25.8 Å². The highest BCUT2D eigenvalue weighted by atomic mass is 32.2. The number of ether oxygens (including phenoxy) is 1. The molecule has 138 valence electrons. The summed E-state index contributed by atoms with van der Waals surface area (Å²) in [5, 5.41) is 0. The summed E-state index contributed by atoms with van der Waals surface area (Å²) in [6.45, 7) is 1.60. The second-order valence-electron chi connectivity index (χ2n) is 5.12. The van der Waals surface area contributed by atoms with Crippen molar-refractivity contribution in [1.82, 2.24) is 4.57 Å². The molecular weight excluding hydrogens is 367 g/mol. The summed E-state index contributed by atoms with van der Waals surface area (Å²) in [6.07, 6.45) is 2.19. The van der Waals surface area contributed by atoms with Crippen LogP contribution in [0.2, 0.25) is 0 Å². The van der Waals surface area contributed by atoms with E-state index in [-0.39, 0.29) is 17.7 Å². The normalized spacial score (nSPS) is 15.0. The first-order valence-electron chi connectivity index (χ1n) is 7.06. The van der Waals surface area contributed by atoms with Gasteiger partial charge < -0.3 is 13.5 Å². The molecule has 1 aromatic heterocycles. The van der Waals surface area contributed by atoms with Crippen molar-refractivity contribution in [3.8, 4) is 5.75 Å². The Bertz CT molecular complexity index is 898. The third kappa shape index (κ3) is 3.41. The number of aryl methyl sites for hydroxylation is 1. The standard InChI is InChI=1S/C14H14F3NO6S/c1-3-9(13(20)23-2)10-7-8-5-4-6-18(8)12(19)11(10)24-25(21,22)14(15,16)17/h3,7H,4-6H2,1-2H3/b9-3+. The van der Waals surface area contributed by atoms with Crippen molar-refractivity contribution in [2.24, 2.45) is 0 Å². The van der Waals surface area contributed by atoms with E-state index in [2.05, 4.69) is 8.92 Å². The molecule has 1 aliphatic rings. The van der Waals surface area contributed by atoms with Crippen LogP contribution < -0.4 is 9.74 Å². The molecule has 2 rings (SSSR count). The fourth-order valence-corrected chi connectivity index (χ4v) is 2.95. The van der Waals surface area contributed by atoms with Crippen LogP contribution >= 0.6 is 0 Å². The maximum atomic E-state index is 12.6. The zero-order valence-electron chi connectivity index (χ0n) is 13.2. The Hall–Kier alpha value is -2.30. The molecule has 0 atom stereocenters. The Labute approximate surface area is 140 Å². The number of esters is 1. The van der Waals surface area contributed by atoms with E-state index < -0.39 is 32.9 Å². The van der Waals surface area contributed by atoms with Gasteiger partial charge in [0.05, 0.1) is 12.7 Å². The van der Waals surface area contributed by atoms with Crippen molar-refractivity contribution in [1.29, 1.82) is 0 Å². The molecule has 0 aliphatic carbocycles. The molecule has 0 unspecified atom stereocenters. The number of fused-ring (bicyclic) bond motifs is 1. The molecule has 2 heterocycles. The van der Waals surface area contributed by atoms with Crippen LogP contribution in [0.4, 0.5) is 13.2 Å². The van der Waals surface area contributed by atoms with Crippen LogP contribution in [0.3, 0.4) is 0 Å². The second-order valence-corrected chi connectivity index (χ2v) is 6.65. The Kier molecular flexibility index (Phi) is 4.98. The van der Waals surface area contributed by atoms with Crippen LogP contribution in [0, 0.1) is 0 Å². The molecule has 25 heavy (non-hydrogen) atoms. The summed E-state index contributed by atoms with van der Waals surface area (Å²) in [4.78, 5) is 24.3. The number of carbonyl (C=O) groups is 1. The van der Waals surface area contributed by atoms with E-state index in [0.717, 1.165) is 11.7 Å². The van der Waals surface area contributed by atoms with Gasteiger partial charge in [0.15, 0.2) is 0 Å². The molecule has 1 aliphatic heterocycles. The number of methoxy groups -OCH3 is 1. The maximum Gasteiger partial charge on any atom is 0.534 e. The molecule has 0 amide bonds. The van der Waals surface area contributed by atoms with Gasteiger partial charge in [0, 0.05) is 17.8 Å². The molecule has 0 radical (unpaired) electrons. The first-order valence-corrected chi connectivity index (χ1v) is 8.46. The van der Waals surface area contributed by atoms with Gasteiger partial charge >= 0.3 is 21.6 Å². The van der Waals surface area contributed by atoms with E-state index in [9.17, 15) is 31.2 Å². The number of aromatic nitrogens is 1. The molecule has 0 aromatic carbocycles. The van der Waals surface area contributed by atoms with Crippen molar-refractivity contribution in [3.63, 3.8) is 0 Å². The number of carbonyl (C=O) groups excluding carboxylic acids is 1. The van der Waals surface area contributed by atoms with Crippen molar-refractivity contribution in [2.75, 3.05) is 7.11 Å². The SMILES string of the molecule is C/C=C(/C(=O)OC)c1cc2n(c(=O)c1OS(=O)(=O)C(F)(F)F)CCC2. The van der Waals surface area contributed by atoms with Gasteiger partial charge in [0.1, 0.15) is 0 Å². The van der Waals surface area contributed by atoms with E-state index in [1.807, 2.05) is 0 Å². The van der Waals surface area contributed by atoms with E-state index >= 15 is 0 Å². The first kappa shape index (κ1) is 19.0. The average Bonchev–Trinajstić information content (AvgIpc) is 2.98. The predicted octanol–water partition coefficient (Wildman–Crippen LogP) is 1.60. The van der Waals surface area contributed by atoms with Crippen molar-refractivity contribution in [2.45, 2.75) is 31.8 Å². The van der Waals surface area contributed by atoms with E-state index in [1.54, 1.807) is 0 Å². The second kappa shape index (κ2) is 6.54. The van der Waals surface area contributed by atoms with Crippen LogP contribution in [-0.2, 0) is 32.6 Å². The molecule has 11 heteroatoms. The number of hydrogen-bond donors (Lipinski definition) is 0. The highest BCUT2D eigenvalue weighted by molar-refractivity contribution is 7.88. The maximum absolute atomic E-state index is 12.6. The fourth-order valence-electron chi connectivity index (χ4n) is 2.48. The Morgan fingerprint density at radius 1 is 1.36 bits per heavy atom. The van der Waals surface area contributed by atoms with Gasteiger partial charge in [-0.3, -0.25) is 4.79 Å². The number of alkyl halides is 3. The number of hydrogen-bond acceptors (Lipinski definition) is 6. The van der Waals surface area contributed by atoms with E-state index in [4.69, 9.17) is 0 Å². The minimum absolute atomic E-state index is 0.209. The molecule has 0 saturated heterocycles. The number of rotatable bonds is 4. The largest absolute Gasteiger partial charge is 0.534 e. The monoisotopic (exact) mass is 381 g/mol. The van der Waals surface area contributed by atoms with Gasteiger partial charge in [0.25, 0.3) is 5.56 Å². The molecule has 1 aromatic rings. The smallest absolute Gasteiger partial charge is 0.465 e. The summed E-state index contributed by atoms with van der Waals surface area (Å²) < 4.78 is 70.3. The van der Waals surface area contributed by atoms with Crippen LogP contribution in [0.1, 0.15) is 24.6 Å². The number of halogens is 3. The summed E-state index contributed by atoms with van der Waals surface area (Å²) >= 11 is 0. The van der Waals surface area contributed by atoms with E-state index in [1.165, 1.54) is 19.1 Å². The van der Waals surface area contributed by atoms with Gasteiger partial charge in [-0.15, -0.1) is 0 Å². The lowest BCUT2D eigenvalue weighted by Gasteiger charge is -2.16. The fraction of sp³-hybridized carbons (Fsp3) is 0.429.